The number of hydrogen-bond donors (Lipinski definition) is 2. The lowest BCUT2D eigenvalue weighted by atomic mass is 9.87. The third-order valence-electron chi connectivity index (χ3n) is 5.20. The topological polar surface area (TPSA) is 75.6 Å². The van der Waals surface area contributed by atoms with Gasteiger partial charge in [0.05, 0.1) is 17.1 Å². The molecule has 130 valence electrons. The van der Waals surface area contributed by atoms with Crippen molar-refractivity contribution >= 4 is 16.8 Å². The molecule has 25 heavy (non-hydrogen) atoms. The highest BCUT2D eigenvalue weighted by atomic mass is 16.1. The Balaban J connectivity index is 1.67. The van der Waals surface area contributed by atoms with Crippen molar-refractivity contribution in [2.24, 2.45) is 13.0 Å². The molecule has 0 radical (unpaired) electrons. The molecule has 1 aliphatic carbocycles. The fourth-order valence-electron chi connectivity index (χ4n) is 3.83. The molecule has 0 fully saturated rings. The van der Waals surface area contributed by atoms with Gasteiger partial charge in [-0.3, -0.25) is 4.79 Å². The Kier molecular flexibility index (Phi) is 3.82. The summed E-state index contributed by atoms with van der Waals surface area (Å²) < 4.78 is 1.82. The lowest BCUT2D eigenvalue weighted by Gasteiger charge is -2.17. The summed E-state index contributed by atoms with van der Waals surface area (Å²) in [5, 5.41) is 12.2. The molecule has 0 aliphatic heterocycles. The zero-order valence-electron chi connectivity index (χ0n) is 14.8. The number of hydrogen-bond acceptors (Lipinski definition) is 3. The summed E-state index contributed by atoms with van der Waals surface area (Å²) in [6.45, 7) is 4.21. The van der Waals surface area contributed by atoms with Gasteiger partial charge in [-0.25, -0.2) is 0 Å². The molecule has 6 heteroatoms. The number of carbonyl (C=O) groups is 1. The SMILES string of the molecule is C[C@H]1CCc2[nH]c3c(C(=O)N[C@@H](C)c4nncn4C)cccc3c2C1. The minimum Gasteiger partial charge on any atom is -0.358 e. The summed E-state index contributed by atoms with van der Waals surface area (Å²) in [6, 6.07) is 5.76. The molecule has 0 bridgehead atoms. The van der Waals surface area contributed by atoms with Crippen molar-refractivity contribution in [3.63, 3.8) is 0 Å². The fraction of sp³-hybridized carbons (Fsp3) is 0.421. The number of nitrogens with zero attached hydrogens (tertiary/aromatic N) is 3. The highest BCUT2D eigenvalue weighted by molar-refractivity contribution is 6.07. The van der Waals surface area contributed by atoms with Crippen LogP contribution < -0.4 is 5.32 Å². The van der Waals surface area contributed by atoms with Crippen molar-refractivity contribution in [3.05, 3.63) is 47.2 Å². The molecule has 0 unspecified atom stereocenters. The molecule has 0 saturated carbocycles. The first-order valence-electron chi connectivity index (χ1n) is 8.81. The number of H-pyrrole nitrogens is 1. The monoisotopic (exact) mass is 337 g/mol. The van der Waals surface area contributed by atoms with Crippen LogP contribution in [0.4, 0.5) is 0 Å². The molecule has 3 aromatic rings. The van der Waals surface area contributed by atoms with Crippen LogP contribution in [0, 0.1) is 5.92 Å². The van der Waals surface area contributed by atoms with E-state index >= 15 is 0 Å². The summed E-state index contributed by atoms with van der Waals surface area (Å²) in [5.41, 5.74) is 4.30. The molecular weight excluding hydrogens is 314 g/mol. The van der Waals surface area contributed by atoms with Crippen molar-refractivity contribution in [1.82, 2.24) is 25.1 Å². The Morgan fingerprint density at radius 2 is 2.28 bits per heavy atom. The first kappa shape index (κ1) is 15.9. The van der Waals surface area contributed by atoms with Gasteiger partial charge in [-0.2, -0.15) is 0 Å². The number of aryl methyl sites for hydroxylation is 2. The summed E-state index contributed by atoms with van der Waals surface area (Å²) in [7, 11) is 1.87. The standard InChI is InChI=1S/C19H23N5O/c1-11-7-8-16-15(9-11)13-5-4-6-14(17(13)22-16)19(25)21-12(2)18-23-20-10-24(18)3/h4-6,10-12,22H,7-9H2,1-3H3,(H,21,25)/t11-,12-/m0/s1. The van der Waals surface area contributed by atoms with E-state index in [0.29, 0.717) is 11.5 Å². The van der Waals surface area contributed by atoms with Crippen molar-refractivity contribution in [2.75, 3.05) is 0 Å². The molecule has 2 N–H and O–H groups in total. The molecule has 1 amide bonds. The highest BCUT2D eigenvalue weighted by Crippen LogP contribution is 2.33. The number of amides is 1. The zero-order chi connectivity index (χ0) is 17.6. The van der Waals surface area contributed by atoms with Gasteiger partial charge in [0.15, 0.2) is 5.82 Å². The van der Waals surface area contributed by atoms with E-state index in [9.17, 15) is 4.79 Å². The van der Waals surface area contributed by atoms with Gasteiger partial charge in [0.2, 0.25) is 0 Å². The largest absolute Gasteiger partial charge is 0.358 e. The van der Waals surface area contributed by atoms with Crippen LogP contribution in [-0.2, 0) is 19.9 Å². The highest BCUT2D eigenvalue weighted by Gasteiger charge is 2.23. The van der Waals surface area contributed by atoms with E-state index in [1.54, 1.807) is 6.33 Å². The lowest BCUT2D eigenvalue weighted by Crippen LogP contribution is -2.28. The van der Waals surface area contributed by atoms with Crippen molar-refractivity contribution in [3.8, 4) is 0 Å². The van der Waals surface area contributed by atoms with E-state index in [1.165, 1.54) is 23.1 Å². The number of nitrogens with one attached hydrogen (secondary N) is 2. The predicted octanol–water partition coefficient (Wildman–Crippen LogP) is 2.91. The summed E-state index contributed by atoms with van der Waals surface area (Å²) >= 11 is 0. The molecule has 4 rings (SSSR count). The van der Waals surface area contributed by atoms with Gasteiger partial charge < -0.3 is 14.9 Å². The number of aromatic nitrogens is 4. The molecule has 6 nitrogen and oxygen atoms in total. The van der Waals surface area contributed by atoms with Crippen molar-refractivity contribution in [1.29, 1.82) is 0 Å². The Labute approximate surface area is 146 Å². The van der Waals surface area contributed by atoms with Crippen LogP contribution in [0.3, 0.4) is 0 Å². The predicted molar refractivity (Wildman–Crippen MR) is 96.4 cm³/mol. The van der Waals surface area contributed by atoms with Crippen molar-refractivity contribution in [2.45, 2.75) is 39.2 Å². The first-order valence-corrected chi connectivity index (χ1v) is 8.81. The summed E-state index contributed by atoms with van der Waals surface area (Å²) in [5.74, 6) is 1.34. The van der Waals surface area contributed by atoms with Crippen molar-refractivity contribution < 1.29 is 4.79 Å². The second-order valence-corrected chi connectivity index (χ2v) is 7.15. The second kappa shape index (κ2) is 6.02. The number of carbonyl (C=O) groups excluding carboxylic acids is 1. The quantitative estimate of drug-likeness (QED) is 0.771. The minimum atomic E-state index is -0.208. The third-order valence-corrected chi connectivity index (χ3v) is 5.20. The average molecular weight is 337 g/mol. The molecular formula is C19H23N5O. The molecule has 1 aromatic carbocycles. The Bertz CT molecular complexity index is 939. The Morgan fingerprint density at radius 3 is 3.04 bits per heavy atom. The Hall–Kier alpha value is -2.63. The second-order valence-electron chi connectivity index (χ2n) is 7.15. The molecule has 2 atom stereocenters. The smallest absolute Gasteiger partial charge is 0.253 e. The van der Waals surface area contributed by atoms with E-state index in [2.05, 4.69) is 33.5 Å². The van der Waals surface area contributed by atoms with Crippen LogP contribution >= 0.6 is 0 Å². The van der Waals surface area contributed by atoms with Gasteiger partial charge in [-0.1, -0.05) is 19.1 Å². The maximum atomic E-state index is 12.9. The fourth-order valence-corrected chi connectivity index (χ4v) is 3.83. The van der Waals surface area contributed by atoms with Crippen LogP contribution in [0.15, 0.2) is 24.5 Å². The van der Waals surface area contributed by atoms with E-state index in [-0.39, 0.29) is 11.9 Å². The first-order chi connectivity index (χ1) is 12.0. The van der Waals surface area contributed by atoms with Gasteiger partial charge in [-0.05, 0) is 43.7 Å². The molecule has 0 spiro atoms. The molecule has 2 heterocycles. The van der Waals surface area contributed by atoms with Gasteiger partial charge in [0, 0.05) is 18.1 Å². The number of aromatic amines is 1. The van der Waals surface area contributed by atoms with Crippen LogP contribution in [-0.4, -0.2) is 25.7 Å². The van der Waals surface area contributed by atoms with Gasteiger partial charge in [0.25, 0.3) is 5.91 Å². The molecule has 1 aliphatic rings. The van der Waals surface area contributed by atoms with E-state index in [4.69, 9.17) is 0 Å². The van der Waals surface area contributed by atoms with Crippen LogP contribution in [0.5, 0.6) is 0 Å². The summed E-state index contributed by atoms with van der Waals surface area (Å²) in [4.78, 5) is 16.4. The number of rotatable bonds is 3. The number of para-hydroxylation sites is 1. The Morgan fingerprint density at radius 1 is 1.44 bits per heavy atom. The van der Waals surface area contributed by atoms with Crippen LogP contribution in [0.2, 0.25) is 0 Å². The maximum absolute atomic E-state index is 12.9. The summed E-state index contributed by atoms with van der Waals surface area (Å²) in [6.07, 6.45) is 4.97. The maximum Gasteiger partial charge on any atom is 0.253 e. The molecule has 0 saturated heterocycles. The average Bonchev–Trinajstić information content (AvgIpc) is 3.17. The number of fused-ring (bicyclic) bond motifs is 3. The van der Waals surface area contributed by atoms with E-state index in [0.717, 1.165) is 24.2 Å². The normalized spacial score (nSPS) is 18.1. The van der Waals surface area contributed by atoms with Gasteiger partial charge in [0.1, 0.15) is 6.33 Å². The molecule has 2 aromatic heterocycles. The minimum absolute atomic E-state index is 0.0901. The van der Waals surface area contributed by atoms with Crippen LogP contribution in [0.25, 0.3) is 10.9 Å². The van der Waals surface area contributed by atoms with E-state index < -0.39 is 0 Å². The van der Waals surface area contributed by atoms with Gasteiger partial charge >= 0.3 is 0 Å². The number of benzene rings is 1. The lowest BCUT2D eigenvalue weighted by molar-refractivity contribution is 0.0939. The zero-order valence-corrected chi connectivity index (χ0v) is 14.8. The van der Waals surface area contributed by atoms with Crippen LogP contribution in [0.1, 0.15) is 53.7 Å². The van der Waals surface area contributed by atoms with E-state index in [1.807, 2.05) is 30.7 Å². The van der Waals surface area contributed by atoms with Gasteiger partial charge in [-0.15, -0.1) is 10.2 Å². The third kappa shape index (κ3) is 2.71.